The third-order valence-electron chi connectivity index (χ3n) is 3.26. The number of ether oxygens (including phenoxy) is 1. The molecule has 0 saturated carbocycles. The lowest BCUT2D eigenvalue weighted by molar-refractivity contribution is 0.0293. The van der Waals surface area contributed by atoms with E-state index in [4.69, 9.17) is 4.74 Å². The zero-order valence-corrected chi connectivity index (χ0v) is 15.1. The highest BCUT2D eigenvalue weighted by molar-refractivity contribution is 7.09. The number of anilines is 1. The van der Waals surface area contributed by atoms with Crippen molar-refractivity contribution < 1.29 is 9.53 Å². The minimum atomic E-state index is -0.455. The van der Waals surface area contributed by atoms with Gasteiger partial charge in [-0.25, -0.2) is 9.78 Å². The SMILES string of the molecule is CC(C)(C)OC(=O)N1CCC(Nc2nc(C(C)(C)C)ns2)C1. The summed E-state index contributed by atoms with van der Waals surface area (Å²) < 4.78 is 9.80. The van der Waals surface area contributed by atoms with Gasteiger partial charge in [-0.05, 0) is 27.2 Å². The van der Waals surface area contributed by atoms with Gasteiger partial charge in [0, 0.05) is 36.1 Å². The summed E-state index contributed by atoms with van der Waals surface area (Å²) in [7, 11) is 0. The van der Waals surface area contributed by atoms with E-state index in [-0.39, 0.29) is 17.6 Å². The summed E-state index contributed by atoms with van der Waals surface area (Å²) in [6, 6.07) is 0.202. The van der Waals surface area contributed by atoms with E-state index in [2.05, 4.69) is 35.4 Å². The molecule has 6 nitrogen and oxygen atoms in total. The minimum absolute atomic E-state index is 0.0470. The Balaban J connectivity index is 1.89. The molecule has 1 saturated heterocycles. The Hall–Kier alpha value is -1.37. The summed E-state index contributed by atoms with van der Waals surface area (Å²) in [5.74, 6) is 0.849. The number of amides is 1. The second kappa shape index (κ2) is 6.02. The first-order valence-corrected chi connectivity index (χ1v) is 8.40. The Morgan fingerprint density at radius 1 is 1.32 bits per heavy atom. The number of carbonyl (C=O) groups excluding carboxylic acids is 1. The van der Waals surface area contributed by atoms with Gasteiger partial charge < -0.3 is 15.0 Å². The van der Waals surface area contributed by atoms with E-state index in [0.717, 1.165) is 17.4 Å². The molecule has 7 heteroatoms. The Bertz CT molecular complexity index is 530. The van der Waals surface area contributed by atoms with Gasteiger partial charge in [-0.1, -0.05) is 20.8 Å². The van der Waals surface area contributed by atoms with Crippen LogP contribution in [0, 0.1) is 0 Å². The quantitative estimate of drug-likeness (QED) is 0.903. The molecular weight excluding hydrogens is 300 g/mol. The fraction of sp³-hybridized carbons (Fsp3) is 0.800. The maximum Gasteiger partial charge on any atom is 0.410 e. The monoisotopic (exact) mass is 326 g/mol. The summed E-state index contributed by atoms with van der Waals surface area (Å²) in [5, 5.41) is 4.20. The molecule has 1 aromatic heterocycles. The lowest BCUT2D eigenvalue weighted by Crippen LogP contribution is -2.36. The molecule has 1 aliphatic heterocycles. The van der Waals surface area contributed by atoms with Gasteiger partial charge in [0.25, 0.3) is 0 Å². The largest absolute Gasteiger partial charge is 0.444 e. The standard InChI is InChI=1S/C15H26N4O2S/c1-14(2,3)11-17-12(22-18-11)16-10-7-8-19(9-10)13(20)21-15(4,5)6/h10H,7-9H2,1-6H3,(H,16,17,18). The van der Waals surface area contributed by atoms with E-state index in [9.17, 15) is 4.79 Å². The van der Waals surface area contributed by atoms with Crippen LogP contribution in [0.1, 0.15) is 53.8 Å². The normalized spacial score (nSPS) is 19.4. The van der Waals surface area contributed by atoms with Crippen LogP contribution in [0.5, 0.6) is 0 Å². The Morgan fingerprint density at radius 2 is 2.00 bits per heavy atom. The maximum atomic E-state index is 12.0. The van der Waals surface area contributed by atoms with Crippen molar-refractivity contribution >= 4 is 22.8 Å². The predicted octanol–water partition coefficient (Wildman–Crippen LogP) is 3.26. The van der Waals surface area contributed by atoms with Crippen molar-refractivity contribution in [3.8, 4) is 0 Å². The first-order valence-electron chi connectivity index (χ1n) is 7.63. The first-order chi connectivity index (χ1) is 10.0. The highest BCUT2D eigenvalue weighted by Gasteiger charge is 2.30. The third-order valence-corrected chi connectivity index (χ3v) is 3.91. The van der Waals surface area contributed by atoms with Crippen LogP contribution in [-0.4, -0.2) is 45.1 Å². The van der Waals surface area contributed by atoms with Crippen molar-refractivity contribution in [1.82, 2.24) is 14.3 Å². The summed E-state index contributed by atoms with van der Waals surface area (Å²) in [4.78, 5) is 18.3. The van der Waals surface area contributed by atoms with E-state index in [0.29, 0.717) is 13.1 Å². The van der Waals surface area contributed by atoms with Crippen LogP contribution in [0.3, 0.4) is 0 Å². The van der Waals surface area contributed by atoms with E-state index in [1.165, 1.54) is 11.5 Å². The minimum Gasteiger partial charge on any atom is -0.444 e. The van der Waals surface area contributed by atoms with Crippen molar-refractivity contribution in [2.24, 2.45) is 0 Å². The molecule has 124 valence electrons. The summed E-state index contributed by atoms with van der Waals surface area (Å²) in [6.45, 7) is 13.3. The molecule has 22 heavy (non-hydrogen) atoms. The van der Waals surface area contributed by atoms with Crippen LogP contribution in [0.15, 0.2) is 0 Å². The Labute approximate surface area is 136 Å². The van der Waals surface area contributed by atoms with Crippen LogP contribution < -0.4 is 5.32 Å². The molecule has 1 N–H and O–H groups in total. The van der Waals surface area contributed by atoms with Gasteiger partial charge in [-0.2, -0.15) is 4.37 Å². The second-order valence-electron chi connectivity index (χ2n) is 7.73. The van der Waals surface area contributed by atoms with Crippen LogP contribution in [0.4, 0.5) is 9.93 Å². The number of nitrogens with one attached hydrogen (secondary N) is 1. The van der Waals surface area contributed by atoms with E-state index >= 15 is 0 Å². The molecule has 1 aromatic rings. The van der Waals surface area contributed by atoms with Crippen LogP contribution in [0.2, 0.25) is 0 Å². The molecular formula is C15H26N4O2S. The lowest BCUT2D eigenvalue weighted by Gasteiger charge is -2.24. The van der Waals surface area contributed by atoms with Crippen molar-refractivity contribution in [2.75, 3.05) is 18.4 Å². The number of hydrogen-bond acceptors (Lipinski definition) is 6. The fourth-order valence-corrected chi connectivity index (χ4v) is 2.97. The van der Waals surface area contributed by atoms with Gasteiger partial charge in [0.05, 0.1) is 0 Å². The third kappa shape index (κ3) is 4.56. The molecule has 1 atom stereocenters. The number of aromatic nitrogens is 2. The number of likely N-dealkylation sites (tertiary alicyclic amines) is 1. The van der Waals surface area contributed by atoms with E-state index in [1.807, 2.05) is 20.8 Å². The summed E-state index contributed by atoms with van der Waals surface area (Å²) in [5.41, 5.74) is -0.502. The maximum absolute atomic E-state index is 12.0. The van der Waals surface area contributed by atoms with E-state index < -0.39 is 5.60 Å². The molecule has 1 fully saturated rings. The van der Waals surface area contributed by atoms with Gasteiger partial charge >= 0.3 is 6.09 Å². The van der Waals surface area contributed by atoms with Crippen molar-refractivity contribution in [3.05, 3.63) is 5.82 Å². The molecule has 0 bridgehead atoms. The molecule has 2 rings (SSSR count). The average Bonchev–Trinajstić information content (AvgIpc) is 2.95. The zero-order valence-electron chi connectivity index (χ0n) is 14.3. The van der Waals surface area contributed by atoms with E-state index in [1.54, 1.807) is 4.90 Å². The summed E-state index contributed by atoms with van der Waals surface area (Å²) >= 11 is 1.38. The molecule has 0 spiro atoms. The van der Waals surface area contributed by atoms with Crippen LogP contribution >= 0.6 is 11.5 Å². The fourth-order valence-electron chi connectivity index (χ4n) is 2.13. The topological polar surface area (TPSA) is 67.3 Å². The predicted molar refractivity (Wildman–Crippen MR) is 88.4 cm³/mol. The number of nitrogens with zero attached hydrogens (tertiary/aromatic N) is 3. The Kier molecular flexibility index (Phi) is 4.65. The smallest absolute Gasteiger partial charge is 0.410 e. The first kappa shape index (κ1) is 17.0. The molecule has 0 aliphatic carbocycles. The Morgan fingerprint density at radius 3 is 2.55 bits per heavy atom. The lowest BCUT2D eigenvalue weighted by atomic mass is 9.96. The van der Waals surface area contributed by atoms with Crippen molar-refractivity contribution in [3.63, 3.8) is 0 Å². The molecule has 2 heterocycles. The molecule has 0 aromatic carbocycles. The van der Waals surface area contributed by atoms with Crippen LogP contribution in [0.25, 0.3) is 0 Å². The number of hydrogen-bond donors (Lipinski definition) is 1. The molecule has 1 unspecified atom stereocenters. The second-order valence-corrected chi connectivity index (χ2v) is 8.48. The van der Waals surface area contributed by atoms with Crippen molar-refractivity contribution in [1.29, 1.82) is 0 Å². The average molecular weight is 326 g/mol. The highest BCUT2D eigenvalue weighted by atomic mass is 32.1. The number of rotatable bonds is 2. The summed E-state index contributed by atoms with van der Waals surface area (Å²) in [6.07, 6.45) is 0.647. The molecule has 1 aliphatic rings. The zero-order chi connectivity index (χ0) is 16.5. The molecule has 0 radical (unpaired) electrons. The van der Waals surface area contributed by atoms with Gasteiger partial charge in [0.15, 0.2) is 0 Å². The number of carbonyl (C=O) groups is 1. The highest BCUT2D eigenvalue weighted by Crippen LogP contribution is 2.25. The molecule has 1 amide bonds. The van der Waals surface area contributed by atoms with Gasteiger partial charge in [-0.15, -0.1) is 0 Å². The van der Waals surface area contributed by atoms with Crippen LogP contribution in [-0.2, 0) is 10.2 Å². The van der Waals surface area contributed by atoms with Gasteiger partial charge in [0.2, 0.25) is 5.13 Å². The van der Waals surface area contributed by atoms with Gasteiger partial charge in [-0.3, -0.25) is 0 Å². The van der Waals surface area contributed by atoms with Gasteiger partial charge in [0.1, 0.15) is 11.4 Å². The van der Waals surface area contributed by atoms with Crippen molar-refractivity contribution in [2.45, 2.75) is 65.0 Å².